The second-order valence-electron chi connectivity index (χ2n) is 6.80. The van der Waals surface area contributed by atoms with E-state index in [4.69, 9.17) is 25.8 Å². The van der Waals surface area contributed by atoms with E-state index in [-0.39, 0.29) is 19.1 Å². The summed E-state index contributed by atoms with van der Waals surface area (Å²) in [5.41, 5.74) is 2.54. The van der Waals surface area contributed by atoms with Gasteiger partial charge in [-0.2, -0.15) is 0 Å². The smallest absolute Gasteiger partial charge is 0.340 e. The Labute approximate surface area is 180 Å². The molecule has 0 unspecified atom stereocenters. The summed E-state index contributed by atoms with van der Waals surface area (Å²) in [6.07, 6.45) is 0. The third-order valence-corrected chi connectivity index (χ3v) is 5.05. The molecule has 0 aromatic heterocycles. The number of aryl methyl sites for hydroxylation is 1. The minimum Gasteiger partial charge on any atom is -0.484 e. The van der Waals surface area contributed by atoms with Gasteiger partial charge in [0.2, 0.25) is 0 Å². The highest BCUT2D eigenvalue weighted by Gasteiger charge is 2.20. The van der Waals surface area contributed by atoms with Crippen LogP contribution in [0.25, 0.3) is 0 Å². The van der Waals surface area contributed by atoms with Crippen LogP contribution in [-0.4, -0.2) is 51.4 Å². The van der Waals surface area contributed by atoms with E-state index in [0.29, 0.717) is 48.3 Å². The standard InChI is InChI=1S/C22H25ClN2O5/c1-3-29-22(27)18-13-16(4-7-20(18)25-8-10-28-11-9-25)24-21(26)14-30-17-5-6-19(23)15(2)12-17/h4-7,12-13H,3,8-11,14H2,1-2H3,(H,24,26). The van der Waals surface area contributed by atoms with Gasteiger partial charge >= 0.3 is 5.97 Å². The number of ether oxygens (including phenoxy) is 3. The van der Waals surface area contributed by atoms with E-state index >= 15 is 0 Å². The molecule has 0 aliphatic carbocycles. The van der Waals surface area contributed by atoms with E-state index in [9.17, 15) is 9.59 Å². The van der Waals surface area contributed by atoms with Crippen LogP contribution in [0.5, 0.6) is 5.75 Å². The number of amides is 1. The monoisotopic (exact) mass is 432 g/mol. The van der Waals surface area contributed by atoms with Gasteiger partial charge in [0.05, 0.1) is 31.1 Å². The van der Waals surface area contributed by atoms with E-state index in [1.807, 2.05) is 13.0 Å². The van der Waals surface area contributed by atoms with Gasteiger partial charge in [0, 0.05) is 23.8 Å². The summed E-state index contributed by atoms with van der Waals surface area (Å²) in [7, 11) is 0. The summed E-state index contributed by atoms with van der Waals surface area (Å²) in [5.74, 6) is -0.207. The average Bonchev–Trinajstić information content (AvgIpc) is 2.75. The van der Waals surface area contributed by atoms with Crippen molar-refractivity contribution in [1.29, 1.82) is 0 Å². The summed E-state index contributed by atoms with van der Waals surface area (Å²) in [5, 5.41) is 3.40. The van der Waals surface area contributed by atoms with Gasteiger partial charge in [-0.15, -0.1) is 0 Å². The van der Waals surface area contributed by atoms with Gasteiger partial charge in [-0.05, 0) is 55.8 Å². The minimum absolute atomic E-state index is 0.166. The number of benzene rings is 2. The molecule has 2 aromatic carbocycles. The van der Waals surface area contributed by atoms with Crippen molar-refractivity contribution < 1.29 is 23.8 Å². The summed E-state index contributed by atoms with van der Waals surface area (Å²) >= 11 is 6.00. The third kappa shape index (κ3) is 5.64. The Morgan fingerprint density at radius 2 is 1.93 bits per heavy atom. The third-order valence-electron chi connectivity index (χ3n) is 4.63. The highest BCUT2D eigenvalue weighted by molar-refractivity contribution is 6.31. The Bertz CT molecular complexity index is 912. The second-order valence-corrected chi connectivity index (χ2v) is 7.21. The van der Waals surface area contributed by atoms with Gasteiger partial charge < -0.3 is 24.4 Å². The molecule has 7 nitrogen and oxygen atoms in total. The molecule has 1 N–H and O–H groups in total. The Hall–Kier alpha value is -2.77. The van der Waals surface area contributed by atoms with Crippen LogP contribution in [0.1, 0.15) is 22.8 Å². The van der Waals surface area contributed by atoms with E-state index in [0.717, 1.165) is 11.3 Å². The van der Waals surface area contributed by atoms with Crippen molar-refractivity contribution in [3.05, 3.63) is 52.5 Å². The summed E-state index contributed by atoms with van der Waals surface area (Å²) in [4.78, 5) is 26.9. The van der Waals surface area contributed by atoms with Gasteiger partial charge in [0.1, 0.15) is 5.75 Å². The van der Waals surface area contributed by atoms with E-state index in [1.165, 1.54) is 0 Å². The van der Waals surface area contributed by atoms with Crippen molar-refractivity contribution in [3.8, 4) is 5.75 Å². The van der Waals surface area contributed by atoms with Crippen LogP contribution in [0.3, 0.4) is 0 Å². The second kappa shape index (κ2) is 10.3. The molecule has 30 heavy (non-hydrogen) atoms. The maximum atomic E-state index is 12.5. The predicted octanol–water partition coefficient (Wildman–Crippen LogP) is 3.68. The lowest BCUT2D eigenvalue weighted by atomic mass is 10.1. The van der Waals surface area contributed by atoms with Crippen LogP contribution >= 0.6 is 11.6 Å². The van der Waals surface area contributed by atoms with E-state index in [2.05, 4.69) is 10.2 Å². The number of hydrogen-bond acceptors (Lipinski definition) is 6. The van der Waals surface area contributed by atoms with Gasteiger partial charge in [-0.25, -0.2) is 4.79 Å². The van der Waals surface area contributed by atoms with Crippen molar-refractivity contribution in [2.75, 3.05) is 49.7 Å². The molecule has 0 saturated carbocycles. The zero-order chi connectivity index (χ0) is 21.5. The van der Waals surface area contributed by atoms with E-state index in [1.54, 1.807) is 37.3 Å². The minimum atomic E-state index is -0.428. The molecule has 1 fully saturated rings. The van der Waals surface area contributed by atoms with Crippen LogP contribution in [0.4, 0.5) is 11.4 Å². The Morgan fingerprint density at radius 1 is 1.17 bits per heavy atom. The number of halogens is 1. The van der Waals surface area contributed by atoms with Gasteiger partial charge in [-0.1, -0.05) is 11.6 Å². The molecule has 1 heterocycles. The Kier molecular flexibility index (Phi) is 7.54. The number of carbonyl (C=O) groups excluding carboxylic acids is 2. The normalized spacial score (nSPS) is 13.6. The van der Waals surface area contributed by atoms with Crippen molar-refractivity contribution >= 4 is 34.9 Å². The molecule has 1 aliphatic rings. The summed E-state index contributed by atoms with van der Waals surface area (Å²) in [6, 6.07) is 10.4. The first-order valence-electron chi connectivity index (χ1n) is 9.80. The molecule has 3 rings (SSSR count). The molecule has 0 radical (unpaired) electrons. The number of nitrogens with one attached hydrogen (secondary N) is 1. The SMILES string of the molecule is CCOC(=O)c1cc(NC(=O)COc2ccc(Cl)c(C)c2)ccc1N1CCOCC1. The molecule has 2 aromatic rings. The fraction of sp³-hybridized carbons (Fsp3) is 0.364. The molecule has 0 spiro atoms. The molecule has 1 amide bonds. The number of morpholine rings is 1. The highest BCUT2D eigenvalue weighted by Crippen LogP contribution is 2.26. The zero-order valence-electron chi connectivity index (χ0n) is 17.1. The lowest BCUT2D eigenvalue weighted by Crippen LogP contribution is -2.37. The maximum absolute atomic E-state index is 12.5. The molecule has 8 heteroatoms. The topological polar surface area (TPSA) is 77.1 Å². The van der Waals surface area contributed by atoms with E-state index < -0.39 is 5.97 Å². The number of rotatable bonds is 7. The Morgan fingerprint density at radius 3 is 2.63 bits per heavy atom. The lowest BCUT2D eigenvalue weighted by molar-refractivity contribution is -0.118. The number of anilines is 2. The van der Waals surface area contributed by atoms with Crippen molar-refractivity contribution in [2.45, 2.75) is 13.8 Å². The highest BCUT2D eigenvalue weighted by atomic mass is 35.5. The quantitative estimate of drug-likeness (QED) is 0.672. The maximum Gasteiger partial charge on any atom is 0.340 e. The number of esters is 1. The number of carbonyl (C=O) groups is 2. The fourth-order valence-corrected chi connectivity index (χ4v) is 3.24. The molecule has 1 aliphatic heterocycles. The number of hydrogen-bond donors (Lipinski definition) is 1. The largest absolute Gasteiger partial charge is 0.484 e. The molecule has 160 valence electrons. The fourth-order valence-electron chi connectivity index (χ4n) is 3.12. The Balaban J connectivity index is 1.69. The predicted molar refractivity (Wildman–Crippen MR) is 116 cm³/mol. The average molecular weight is 433 g/mol. The molecule has 0 atom stereocenters. The first kappa shape index (κ1) is 21.9. The van der Waals surface area contributed by atoms with Gasteiger partial charge in [-0.3, -0.25) is 4.79 Å². The lowest BCUT2D eigenvalue weighted by Gasteiger charge is -2.30. The molecule has 0 bridgehead atoms. The molecule has 1 saturated heterocycles. The number of nitrogens with zero attached hydrogens (tertiary/aromatic N) is 1. The van der Waals surface area contributed by atoms with Gasteiger partial charge in [0.15, 0.2) is 6.61 Å². The van der Waals surface area contributed by atoms with Gasteiger partial charge in [0.25, 0.3) is 5.91 Å². The van der Waals surface area contributed by atoms with Crippen LogP contribution in [0.2, 0.25) is 5.02 Å². The van der Waals surface area contributed by atoms with Crippen LogP contribution in [0.15, 0.2) is 36.4 Å². The zero-order valence-corrected chi connectivity index (χ0v) is 17.8. The van der Waals surface area contributed by atoms with Crippen LogP contribution in [0, 0.1) is 6.92 Å². The first-order valence-corrected chi connectivity index (χ1v) is 10.2. The first-order chi connectivity index (χ1) is 14.5. The van der Waals surface area contributed by atoms with Crippen molar-refractivity contribution in [2.24, 2.45) is 0 Å². The van der Waals surface area contributed by atoms with Crippen molar-refractivity contribution in [1.82, 2.24) is 0 Å². The van der Waals surface area contributed by atoms with Crippen LogP contribution in [-0.2, 0) is 14.3 Å². The summed E-state index contributed by atoms with van der Waals surface area (Å²) in [6.45, 7) is 6.30. The van der Waals surface area contributed by atoms with Crippen LogP contribution < -0.4 is 15.0 Å². The molecular formula is C22H25ClN2O5. The van der Waals surface area contributed by atoms with Crippen molar-refractivity contribution in [3.63, 3.8) is 0 Å². The molecular weight excluding hydrogens is 408 g/mol. The summed E-state index contributed by atoms with van der Waals surface area (Å²) < 4.78 is 16.1.